The molecular weight excluding hydrogens is 350 g/mol. The van der Waals surface area contributed by atoms with Crippen molar-refractivity contribution in [2.75, 3.05) is 32.7 Å². The molecule has 1 unspecified atom stereocenters. The number of rotatable bonds is 7. The summed E-state index contributed by atoms with van der Waals surface area (Å²) in [7, 11) is -3.49. The van der Waals surface area contributed by atoms with Crippen LogP contribution in [-0.4, -0.2) is 51.6 Å². The first kappa shape index (κ1) is 18.1. The summed E-state index contributed by atoms with van der Waals surface area (Å²) < 4.78 is 35.2. The summed E-state index contributed by atoms with van der Waals surface area (Å²) in [6.07, 6.45) is 3.10. The molecule has 1 saturated carbocycles. The van der Waals surface area contributed by atoms with Crippen molar-refractivity contribution >= 4 is 21.8 Å². The number of piperazine rings is 1. The van der Waals surface area contributed by atoms with E-state index in [2.05, 4.69) is 10.0 Å². The fraction of sp³-hybridized carbons (Fsp3) is 0.625. The summed E-state index contributed by atoms with van der Waals surface area (Å²) in [6.45, 7) is 2.54. The molecule has 1 aromatic carbocycles. The first-order valence-electron chi connectivity index (χ1n) is 8.41. The van der Waals surface area contributed by atoms with Crippen LogP contribution >= 0.6 is 11.6 Å². The average molecular weight is 374 g/mol. The zero-order valence-electron chi connectivity index (χ0n) is 13.6. The molecule has 24 heavy (non-hydrogen) atoms. The van der Waals surface area contributed by atoms with Gasteiger partial charge in [0, 0.05) is 37.7 Å². The molecule has 8 heteroatoms. The molecule has 0 bridgehead atoms. The van der Waals surface area contributed by atoms with Crippen LogP contribution in [0.3, 0.4) is 0 Å². The lowest BCUT2D eigenvalue weighted by atomic mass is 9.95. The summed E-state index contributed by atoms with van der Waals surface area (Å²) >= 11 is 6.08. The van der Waals surface area contributed by atoms with Gasteiger partial charge in [0.15, 0.2) is 0 Å². The number of ether oxygens (including phenoxy) is 1. The molecule has 0 radical (unpaired) electrons. The summed E-state index contributed by atoms with van der Waals surface area (Å²) in [6, 6.07) is 7.42. The van der Waals surface area contributed by atoms with Gasteiger partial charge in [0.2, 0.25) is 0 Å². The zero-order chi connectivity index (χ0) is 17.0. The molecule has 1 aliphatic heterocycles. The number of hydrogen-bond donors (Lipinski definition) is 2. The summed E-state index contributed by atoms with van der Waals surface area (Å²) in [4.78, 5) is 0. The molecule has 6 nitrogen and oxygen atoms in total. The van der Waals surface area contributed by atoms with E-state index < -0.39 is 10.2 Å². The Hall–Kier alpha value is -0.700. The van der Waals surface area contributed by atoms with Gasteiger partial charge in [0.05, 0.1) is 12.2 Å². The molecule has 1 aromatic rings. The van der Waals surface area contributed by atoms with E-state index in [9.17, 15) is 8.42 Å². The third-order valence-corrected chi connectivity index (χ3v) is 6.31. The monoisotopic (exact) mass is 373 g/mol. The fourth-order valence-corrected chi connectivity index (χ4v) is 4.25. The minimum absolute atomic E-state index is 0.206. The average Bonchev–Trinajstić information content (AvgIpc) is 2.54. The molecule has 1 aliphatic carbocycles. The smallest absolute Gasteiger partial charge is 0.279 e. The van der Waals surface area contributed by atoms with Crippen LogP contribution in [0.1, 0.15) is 30.9 Å². The lowest BCUT2D eigenvalue weighted by Gasteiger charge is -2.32. The van der Waals surface area contributed by atoms with E-state index in [1.54, 1.807) is 6.07 Å². The highest BCUT2D eigenvalue weighted by Gasteiger charge is 2.28. The van der Waals surface area contributed by atoms with Gasteiger partial charge in [-0.3, -0.25) is 0 Å². The molecule has 0 amide bonds. The highest BCUT2D eigenvalue weighted by Crippen LogP contribution is 2.29. The van der Waals surface area contributed by atoms with Gasteiger partial charge in [0.25, 0.3) is 10.2 Å². The maximum Gasteiger partial charge on any atom is 0.279 e. The minimum atomic E-state index is -3.49. The van der Waals surface area contributed by atoms with Crippen LogP contribution in [0, 0.1) is 0 Å². The molecule has 0 aromatic heterocycles. The van der Waals surface area contributed by atoms with E-state index in [0.29, 0.717) is 31.2 Å². The van der Waals surface area contributed by atoms with Crippen LogP contribution in [0.2, 0.25) is 5.02 Å². The topological polar surface area (TPSA) is 70.7 Å². The largest absolute Gasteiger partial charge is 0.369 e. The Labute approximate surface area is 148 Å². The van der Waals surface area contributed by atoms with Crippen molar-refractivity contribution in [3.05, 3.63) is 34.9 Å². The number of halogens is 1. The standard InChI is InChI=1S/C16H24ClN3O3S/c17-14-4-1-3-13(11-14)16(23-15-5-2-6-15)12-19-24(21,22)20-9-7-18-8-10-20/h1,3-4,11,15-16,18-19H,2,5-10,12H2. The summed E-state index contributed by atoms with van der Waals surface area (Å²) in [5.74, 6) is 0. The van der Waals surface area contributed by atoms with Gasteiger partial charge in [-0.25, -0.2) is 0 Å². The SMILES string of the molecule is O=S(=O)(NCC(OC1CCC1)c1cccc(Cl)c1)N1CCNCC1. The van der Waals surface area contributed by atoms with Crippen LogP contribution in [0.5, 0.6) is 0 Å². The Morgan fingerprint density at radius 3 is 2.71 bits per heavy atom. The van der Waals surface area contributed by atoms with Crippen LogP contribution in [0.15, 0.2) is 24.3 Å². The summed E-state index contributed by atoms with van der Waals surface area (Å²) in [5.41, 5.74) is 0.900. The molecule has 2 N–H and O–H groups in total. The second-order valence-electron chi connectivity index (χ2n) is 6.24. The first-order chi connectivity index (χ1) is 11.5. The van der Waals surface area contributed by atoms with E-state index in [4.69, 9.17) is 16.3 Å². The molecule has 3 rings (SSSR count). The molecule has 2 fully saturated rings. The second kappa shape index (κ2) is 8.12. The minimum Gasteiger partial charge on any atom is -0.369 e. The highest BCUT2D eigenvalue weighted by atomic mass is 35.5. The van der Waals surface area contributed by atoms with E-state index in [1.165, 1.54) is 10.7 Å². The predicted octanol–water partition coefficient (Wildman–Crippen LogP) is 1.69. The van der Waals surface area contributed by atoms with Gasteiger partial charge in [-0.2, -0.15) is 17.4 Å². The third-order valence-electron chi connectivity index (χ3n) is 4.50. The van der Waals surface area contributed by atoms with Gasteiger partial charge < -0.3 is 10.1 Å². The fourth-order valence-electron chi connectivity index (χ4n) is 2.85. The predicted molar refractivity (Wildman–Crippen MR) is 94.3 cm³/mol. The number of hydrogen-bond acceptors (Lipinski definition) is 4. The third kappa shape index (κ3) is 4.68. The van der Waals surface area contributed by atoms with Crippen molar-refractivity contribution < 1.29 is 13.2 Å². The molecule has 1 atom stereocenters. The molecule has 1 saturated heterocycles. The van der Waals surface area contributed by atoms with E-state index >= 15 is 0 Å². The Kier molecular flexibility index (Phi) is 6.12. The van der Waals surface area contributed by atoms with Gasteiger partial charge >= 0.3 is 0 Å². The zero-order valence-corrected chi connectivity index (χ0v) is 15.2. The van der Waals surface area contributed by atoms with Gasteiger partial charge in [-0.15, -0.1) is 0 Å². The lowest BCUT2D eigenvalue weighted by Crippen LogP contribution is -2.51. The number of benzene rings is 1. The maximum atomic E-state index is 12.5. The number of nitrogens with one attached hydrogen (secondary N) is 2. The van der Waals surface area contributed by atoms with E-state index in [0.717, 1.165) is 18.4 Å². The first-order valence-corrected chi connectivity index (χ1v) is 10.2. The lowest BCUT2D eigenvalue weighted by molar-refractivity contribution is -0.0502. The molecule has 134 valence electrons. The summed E-state index contributed by atoms with van der Waals surface area (Å²) in [5, 5.41) is 3.78. The van der Waals surface area contributed by atoms with Crippen LogP contribution in [-0.2, 0) is 14.9 Å². The van der Waals surface area contributed by atoms with Crippen molar-refractivity contribution in [1.82, 2.24) is 14.3 Å². The van der Waals surface area contributed by atoms with Crippen molar-refractivity contribution in [3.8, 4) is 0 Å². The van der Waals surface area contributed by atoms with Crippen molar-refractivity contribution in [1.29, 1.82) is 0 Å². The second-order valence-corrected chi connectivity index (χ2v) is 8.43. The Balaban J connectivity index is 1.66. The van der Waals surface area contributed by atoms with E-state index in [-0.39, 0.29) is 18.8 Å². The Morgan fingerprint density at radius 2 is 2.08 bits per heavy atom. The van der Waals surface area contributed by atoms with Crippen LogP contribution in [0.25, 0.3) is 0 Å². The Bertz CT molecular complexity index is 646. The molecule has 0 spiro atoms. The van der Waals surface area contributed by atoms with Crippen molar-refractivity contribution in [2.24, 2.45) is 0 Å². The quantitative estimate of drug-likeness (QED) is 0.763. The molecule has 1 heterocycles. The van der Waals surface area contributed by atoms with Crippen LogP contribution < -0.4 is 10.0 Å². The maximum absolute atomic E-state index is 12.5. The van der Waals surface area contributed by atoms with Gasteiger partial charge in [-0.05, 0) is 37.0 Å². The number of nitrogens with zero attached hydrogens (tertiary/aromatic N) is 1. The van der Waals surface area contributed by atoms with Crippen LogP contribution in [0.4, 0.5) is 0 Å². The molecule has 2 aliphatic rings. The highest BCUT2D eigenvalue weighted by molar-refractivity contribution is 7.87. The van der Waals surface area contributed by atoms with Crippen molar-refractivity contribution in [2.45, 2.75) is 31.5 Å². The van der Waals surface area contributed by atoms with Crippen molar-refractivity contribution in [3.63, 3.8) is 0 Å². The Morgan fingerprint density at radius 1 is 1.33 bits per heavy atom. The normalized spacial score (nSPS) is 21.4. The van der Waals surface area contributed by atoms with E-state index in [1.807, 2.05) is 18.2 Å². The molecular formula is C16H24ClN3O3S. The van der Waals surface area contributed by atoms with Gasteiger partial charge in [-0.1, -0.05) is 23.7 Å². The van der Waals surface area contributed by atoms with Gasteiger partial charge in [0.1, 0.15) is 0 Å².